The summed E-state index contributed by atoms with van der Waals surface area (Å²) in [5.74, 6) is 0. The molecule has 0 aliphatic carbocycles. The Hall–Kier alpha value is -10.1. The van der Waals surface area contributed by atoms with Crippen LogP contribution < -0.4 is 0 Å². The maximum Gasteiger partial charge on any atom is 0.416 e. The SMILES string of the molecule is [C-]#[N+]c1cc(-c2ccc(-n3c4cc(-c5cc(C)cc(C)c5)ccc4c4ccc(-c5cc(C)cc(C(F)(F)F)c5)cc43)c(C#N)c2-n2c3cc(-c4cc(C)cc(C)c4)ccc3c3ccc(-c4cc(C(F)(F)F)cc(C(F)(F)F)c4)cc32)cc(C(F)(F)F)c1. The topological polar surface area (TPSA) is 38.0 Å². The van der Waals surface area contributed by atoms with E-state index in [0.29, 0.717) is 73.0 Å². The molecule has 0 aliphatic heterocycles. The number of fused-ring (bicyclic) bond motifs is 6. The van der Waals surface area contributed by atoms with E-state index in [9.17, 15) is 44.8 Å². The van der Waals surface area contributed by atoms with Crippen LogP contribution in [-0.4, -0.2) is 9.13 Å². The monoisotopic (exact) mass is 1180 g/mol. The Morgan fingerprint density at radius 1 is 0.345 bits per heavy atom. The van der Waals surface area contributed by atoms with Gasteiger partial charge in [0.25, 0.3) is 0 Å². The van der Waals surface area contributed by atoms with Crippen molar-refractivity contribution in [3.05, 3.63) is 243 Å². The smallest absolute Gasteiger partial charge is 0.308 e. The number of rotatable bonds is 7. The van der Waals surface area contributed by atoms with Crippen LogP contribution in [0.2, 0.25) is 0 Å². The molecule has 16 heteroatoms. The molecule has 0 amide bonds. The first-order valence-electron chi connectivity index (χ1n) is 27.1. The fourth-order valence-electron chi connectivity index (χ4n) is 12.1. The zero-order valence-electron chi connectivity index (χ0n) is 46.6. The molecule has 87 heavy (non-hydrogen) atoms. The number of alkyl halides is 12. The molecule has 0 bridgehead atoms. The zero-order valence-corrected chi connectivity index (χ0v) is 46.6. The molecule has 4 nitrogen and oxygen atoms in total. The summed E-state index contributed by atoms with van der Waals surface area (Å²) in [5, 5.41) is 14.2. The molecule has 0 atom stereocenters. The molecular formula is C71H44F12N4. The van der Waals surface area contributed by atoms with Gasteiger partial charge in [0.05, 0.1) is 56.7 Å². The number of benzene rings is 10. The third-order valence-corrected chi connectivity index (χ3v) is 15.7. The summed E-state index contributed by atoms with van der Waals surface area (Å²) < 4.78 is 179. The van der Waals surface area contributed by atoms with Gasteiger partial charge in [0.2, 0.25) is 0 Å². The summed E-state index contributed by atoms with van der Waals surface area (Å²) in [5.41, 5.74) is 2.18. The van der Waals surface area contributed by atoms with Crippen LogP contribution in [0.1, 0.15) is 55.6 Å². The Morgan fingerprint density at radius 3 is 1.06 bits per heavy atom. The maximum absolute atomic E-state index is 15.1. The lowest BCUT2D eigenvalue weighted by Crippen LogP contribution is -2.11. The van der Waals surface area contributed by atoms with Crippen LogP contribution in [-0.2, 0) is 24.7 Å². The Kier molecular flexibility index (Phi) is 13.6. The first-order chi connectivity index (χ1) is 41.0. The standard InChI is InChI=1S/C71H44F12N4/c1-37-17-38(2)20-46(19-37)42-7-11-57-58-12-9-44(48-23-41(5)24-51(25-48)68(72,73)74)31-64(58)86(63(57)30-42)62-16-15-56(50-28-54(71(81,82)83)35-55(29-50)85-6)67(61(62)36-84)87-65-32-43(47-21-39(3)18-40(4)22-47)8-13-59(65)60-14-10-45(33-66(60)87)49-26-52(69(75,76)77)34-53(27-49)70(78,79)80/h7-35H,1-5H3. The van der Waals surface area contributed by atoms with E-state index in [0.717, 1.165) is 57.1 Å². The predicted octanol–water partition coefficient (Wildman–Crippen LogP) is 22.3. The highest BCUT2D eigenvalue weighted by molar-refractivity contribution is 6.14. The number of hydrogen-bond acceptors (Lipinski definition) is 1. The van der Waals surface area contributed by atoms with Gasteiger partial charge in [-0.15, -0.1) is 0 Å². The van der Waals surface area contributed by atoms with E-state index < -0.39 is 58.2 Å². The molecular weight excluding hydrogens is 1140 g/mol. The fraction of sp³-hybridized carbons (Fsp3) is 0.127. The highest BCUT2D eigenvalue weighted by Crippen LogP contribution is 2.48. The van der Waals surface area contributed by atoms with Gasteiger partial charge in [0.1, 0.15) is 11.6 Å². The summed E-state index contributed by atoms with van der Waals surface area (Å²) in [6.45, 7) is 17.2. The van der Waals surface area contributed by atoms with Gasteiger partial charge in [-0.2, -0.15) is 57.9 Å². The first kappa shape index (κ1) is 57.4. The van der Waals surface area contributed by atoms with Gasteiger partial charge < -0.3 is 9.13 Å². The molecule has 0 spiro atoms. The van der Waals surface area contributed by atoms with E-state index in [2.05, 4.69) is 10.9 Å². The average Bonchev–Trinajstić information content (AvgIpc) is 1.64. The Bertz CT molecular complexity index is 4880. The van der Waals surface area contributed by atoms with Gasteiger partial charge in [0, 0.05) is 32.7 Å². The second-order valence-corrected chi connectivity index (χ2v) is 22.1. The average molecular weight is 1180 g/mol. The molecule has 0 saturated carbocycles. The number of hydrogen-bond donors (Lipinski definition) is 0. The van der Waals surface area contributed by atoms with Crippen LogP contribution in [0.3, 0.4) is 0 Å². The van der Waals surface area contributed by atoms with Crippen LogP contribution in [0, 0.1) is 52.5 Å². The van der Waals surface area contributed by atoms with Crippen LogP contribution in [0.4, 0.5) is 58.4 Å². The van der Waals surface area contributed by atoms with E-state index in [-0.39, 0.29) is 50.8 Å². The molecule has 0 saturated heterocycles. The van der Waals surface area contributed by atoms with Gasteiger partial charge in [0.15, 0.2) is 5.69 Å². The number of aromatic nitrogens is 2. The molecule has 12 aromatic rings. The molecule has 0 N–H and O–H groups in total. The van der Waals surface area contributed by atoms with E-state index >= 15 is 13.2 Å². The Morgan fingerprint density at radius 2 is 0.678 bits per heavy atom. The second-order valence-electron chi connectivity index (χ2n) is 22.1. The van der Waals surface area contributed by atoms with Gasteiger partial charge in [-0.3, -0.25) is 0 Å². The quantitative estimate of drug-likeness (QED) is 0.116. The lowest BCUT2D eigenvalue weighted by atomic mass is 9.95. The minimum absolute atomic E-state index is 0.0140. The van der Waals surface area contributed by atoms with Crippen molar-refractivity contribution in [2.24, 2.45) is 0 Å². The molecule has 432 valence electrons. The highest BCUT2D eigenvalue weighted by atomic mass is 19.4. The fourth-order valence-corrected chi connectivity index (χ4v) is 12.1. The largest absolute Gasteiger partial charge is 0.416 e. The molecule has 2 heterocycles. The van der Waals surface area contributed by atoms with Crippen molar-refractivity contribution in [1.29, 1.82) is 5.26 Å². The lowest BCUT2D eigenvalue weighted by molar-refractivity contribution is -0.143. The number of nitriles is 1. The van der Waals surface area contributed by atoms with Gasteiger partial charge in [-0.05, 0) is 169 Å². The number of nitrogens with zero attached hydrogens (tertiary/aromatic N) is 4. The van der Waals surface area contributed by atoms with Crippen molar-refractivity contribution in [3.8, 4) is 73.1 Å². The van der Waals surface area contributed by atoms with Gasteiger partial charge in [-0.25, -0.2) is 4.85 Å². The van der Waals surface area contributed by atoms with Crippen molar-refractivity contribution in [2.45, 2.75) is 59.3 Å². The highest BCUT2D eigenvalue weighted by Gasteiger charge is 2.38. The molecule has 0 fully saturated rings. The zero-order chi connectivity index (χ0) is 62.0. The molecule has 0 aliphatic rings. The van der Waals surface area contributed by atoms with Crippen LogP contribution >= 0.6 is 0 Å². The molecule has 2 aromatic heterocycles. The van der Waals surface area contributed by atoms with Crippen LogP contribution in [0.5, 0.6) is 0 Å². The Balaban J connectivity index is 1.26. The second kappa shape index (κ2) is 20.6. The summed E-state index contributed by atoms with van der Waals surface area (Å²) in [6, 6.07) is 45.2. The summed E-state index contributed by atoms with van der Waals surface area (Å²) >= 11 is 0. The third kappa shape index (κ3) is 10.5. The van der Waals surface area contributed by atoms with Crippen molar-refractivity contribution in [1.82, 2.24) is 9.13 Å². The van der Waals surface area contributed by atoms with Crippen molar-refractivity contribution in [2.75, 3.05) is 0 Å². The normalized spacial score (nSPS) is 12.4. The minimum atomic E-state index is -5.22. The molecule has 0 radical (unpaired) electrons. The van der Waals surface area contributed by atoms with Crippen molar-refractivity contribution >= 4 is 49.3 Å². The Labute approximate surface area is 489 Å². The first-order valence-corrected chi connectivity index (χ1v) is 27.1. The van der Waals surface area contributed by atoms with Gasteiger partial charge >= 0.3 is 24.7 Å². The molecule has 12 rings (SSSR count). The van der Waals surface area contributed by atoms with E-state index in [1.54, 1.807) is 52.5 Å². The molecule has 10 aromatic carbocycles. The third-order valence-electron chi connectivity index (χ3n) is 15.7. The van der Waals surface area contributed by atoms with E-state index in [4.69, 9.17) is 6.57 Å². The van der Waals surface area contributed by atoms with E-state index in [1.165, 1.54) is 36.4 Å². The van der Waals surface area contributed by atoms with Crippen molar-refractivity contribution in [3.63, 3.8) is 0 Å². The van der Waals surface area contributed by atoms with Gasteiger partial charge in [-0.1, -0.05) is 119 Å². The summed E-state index contributed by atoms with van der Waals surface area (Å²) in [6.07, 6.45) is -20.1. The molecule has 0 unspecified atom stereocenters. The lowest BCUT2D eigenvalue weighted by Gasteiger charge is -2.21. The number of halogens is 12. The van der Waals surface area contributed by atoms with Crippen LogP contribution in [0.25, 0.3) is 115 Å². The summed E-state index contributed by atoms with van der Waals surface area (Å²) in [4.78, 5) is 3.40. The minimum Gasteiger partial charge on any atom is -0.308 e. The van der Waals surface area contributed by atoms with Crippen molar-refractivity contribution < 1.29 is 52.7 Å². The van der Waals surface area contributed by atoms with Crippen LogP contribution in [0.15, 0.2) is 176 Å². The maximum atomic E-state index is 15.1. The summed E-state index contributed by atoms with van der Waals surface area (Å²) in [7, 11) is 0. The van der Waals surface area contributed by atoms with E-state index in [1.807, 2.05) is 88.4 Å². The predicted molar refractivity (Wildman–Crippen MR) is 317 cm³/mol. The number of aryl methyl sites for hydroxylation is 5.